The van der Waals surface area contributed by atoms with Crippen molar-refractivity contribution in [2.24, 2.45) is 0 Å². The van der Waals surface area contributed by atoms with Crippen molar-refractivity contribution < 1.29 is 89.4 Å². The SMILES string of the molecule is CC(O)CCCCCC/C=C\C/C=C\CCCCC(=O)NCCc1c[nH]c2ccc(O[C@@H]3O[C@H](CO[C@@H]4O[C@H](CO[C@@H]5O[C@H](CO)[C@@H](O)[C@H](O)[C@H]5O)[C@@H](O)[C@H](O)[C@H]4O)[C@@H](O)[C@H](O)[C@H]3O)cc12. The number of allylic oxidation sites excluding steroid dienone is 4. The number of aromatic amines is 1. The van der Waals surface area contributed by atoms with E-state index in [2.05, 4.69) is 34.6 Å². The van der Waals surface area contributed by atoms with Crippen LogP contribution in [0, 0.1) is 0 Å². The number of benzene rings is 1. The lowest BCUT2D eigenvalue weighted by molar-refractivity contribution is -0.339. The minimum absolute atomic E-state index is 0.0293. The largest absolute Gasteiger partial charge is 0.462 e. The van der Waals surface area contributed by atoms with Crippen LogP contribution < -0.4 is 10.1 Å². The van der Waals surface area contributed by atoms with E-state index >= 15 is 0 Å². The zero-order chi connectivity index (χ0) is 47.8. The predicted molar refractivity (Wildman–Crippen MR) is 235 cm³/mol. The van der Waals surface area contributed by atoms with Gasteiger partial charge in [0.1, 0.15) is 79.0 Å². The fourth-order valence-electron chi connectivity index (χ4n) is 8.03. The number of carbonyl (C=O) groups is 1. The summed E-state index contributed by atoms with van der Waals surface area (Å²) in [5, 5.41) is 117. The monoisotopic (exact) mass is 940 g/mol. The number of H-pyrrole nitrogens is 1. The average Bonchev–Trinajstić information content (AvgIpc) is 3.70. The van der Waals surface area contributed by atoms with Crippen LogP contribution in [-0.4, -0.2) is 192 Å². The molecule has 1 unspecified atom stereocenters. The Morgan fingerprint density at radius 3 is 1.85 bits per heavy atom. The van der Waals surface area contributed by atoms with Gasteiger partial charge in [0.05, 0.1) is 25.9 Å². The smallest absolute Gasteiger partial charge is 0.229 e. The van der Waals surface area contributed by atoms with E-state index in [-0.39, 0.29) is 17.8 Å². The molecule has 0 radical (unpaired) electrons. The molecule has 20 nitrogen and oxygen atoms in total. The lowest BCUT2D eigenvalue weighted by Gasteiger charge is -2.43. The summed E-state index contributed by atoms with van der Waals surface area (Å²) in [4.78, 5) is 15.7. The van der Waals surface area contributed by atoms with Crippen molar-refractivity contribution in [3.05, 3.63) is 54.3 Å². The van der Waals surface area contributed by atoms with Crippen LogP contribution in [0.25, 0.3) is 10.9 Å². The Morgan fingerprint density at radius 2 is 1.24 bits per heavy atom. The fraction of sp³-hybridized carbons (Fsp3) is 0.717. The maximum absolute atomic E-state index is 12.5. The van der Waals surface area contributed by atoms with Gasteiger partial charge in [-0.05, 0) is 82.1 Å². The van der Waals surface area contributed by atoms with Gasteiger partial charge in [-0.25, -0.2) is 0 Å². The van der Waals surface area contributed by atoms with Gasteiger partial charge < -0.3 is 94.9 Å². The first kappa shape index (κ1) is 53.8. The molecule has 3 aliphatic heterocycles. The van der Waals surface area contributed by atoms with Crippen LogP contribution >= 0.6 is 0 Å². The number of carbonyl (C=O) groups excluding carboxylic acids is 1. The van der Waals surface area contributed by atoms with Crippen LogP contribution in [0.15, 0.2) is 48.7 Å². The van der Waals surface area contributed by atoms with Crippen molar-refractivity contribution in [3.63, 3.8) is 0 Å². The van der Waals surface area contributed by atoms with Gasteiger partial charge in [0.2, 0.25) is 12.2 Å². The van der Waals surface area contributed by atoms with Crippen LogP contribution in [0.5, 0.6) is 5.75 Å². The minimum atomic E-state index is -1.84. The zero-order valence-electron chi connectivity index (χ0n) is 37.4. The van der Waals surface area contributed by atoms with Crippen LogP contribution in [0.2, 0.25) is 0 Å². The van der Waals surface area contributed by atoms with Gasteiger partial charge in [0.25, 0.3) is 0 Å². The van der Waals surface area contributed by atoms with Crippen molar-refractivity contribution >= 4 is 16.8 Å². The molecule has 374 valence electrons. The van der Waals surface area contributed by atoms with E-state index in [1.54, 1.807) is 18.2 Å². The summed E-state index contributed by atoms with van der Waals surface area (Å²) in [6.45, 7) is 0.360. The molecular weight excluding hydrogens is 869 g/mol. The third-order valence-electron chi connectivity index (χ3n) is 12.1. The summed E-state index contributed by atoms with van der Waals surface area (Å²) in [6, 6.07) is 5.08. The molecule has 13 N–H and O–H groups in total. The molecule has 0 bridgehead atoms. The summed E-state index contributed by atoms with van der Waals surface area (Å²) in [5.74, 6) is 0.226. The molecule has 4 heterocycles. The van der Waals surface area contributed by atoms with E-state index in [0.29, 0.717) is 19.4 Å². The molecule has 5 rings (SSSR count). The van der Waals surface area contributed by atoms with Gasteiger partial charge in [-0.15, -0.1) is 0 Å². The van der Waals surface area contributed by atoms with Crippen LogP contribution in [0.3, 0.4) is 0 Å². The first-order valence-corrected chi connectivity index (χ1v) is 23.1. The van der Waals surface area contributed by atoms with Crippen LogP contribution in [-0.2, 0) is 34.9 Å². The van der Waals surface area contributed by atoms with Gasteiger partial charge in [-0.3, -0.25) is 4.79 Å². The number of aromatic nitrogens is 1. The Hall–Kier alpha value is -3.13. The summed E-state index contributed by atoms with van der Waals surface area (Å²) in [7, 11) is 0. The van der Waals surface area contributed by atoms with Crippen LogP contribution in [0.4, 0.5) is 0 Å². The maximum Gasteiger partial charge on any atom is 0.229 e. The molecular formula is C46H72N2O18. The number of nitrogens with one attached hydrogen (secondary N) is 2. The van der Waals surface area contributed by atoms with Crippen molar-refractivity contribution in [3.8, 4) is 5.75 Å². The number of ether oxygens (including phenoxy) is 6. The maximum atomic E-state index is 12.5. The highest BCUT2D eigenvalue weighted by molar-refractivity contribution is 5.84. The summed E-state index contributed by atoms with van der Waals surface area (Å²) in [6.07, 6.45) is -3.15. The highest BCUT2D eigenvalue weighted by Gasteiger charge is 2.49. The molecule has 66 heavy (non-hydrogen) atoms. The number of rotatable bonds is 26. The molecule has 0 saturated carbocycles. The third-order valence-corrected chi connectivity index (χ3v) is 12.1. The van der Waals surface area contributed by atoms with Crippen molar-refractivity contribution in [1.29, 1.82) is 0 Å². The molecule has 0 aliphatic carbocycles. The van der Waals surface area contributed by atoms with E-state index in [0.717, 1.165) is 67.8 Å². The van der Waals surface area contributed by atoms with E-state index in [4.69, 9.17) is 28.4 Å². The highest BCUT2D eigenvalue weighted by Crippen LogP contribution is 2.30. The normalized spacial score (nSPS) is 33.5. The first-order chi connectivity index (χ1) is 31.7. The number of amides is 1. The Bertz CT molecular complexity index is 1780. The number of fused-ring (bicyclic) bond motifs is 1. The molecule has 3 aliphatic rings. The minimum Gasteiger partial charge on any atom is -0.462 e. The number of aliphatic hydroxyl groups excluding tert-OH is 11. The van der Waals surface area contributed by atoms with E-state index in [1.165, 1.54) is 12.8 Å². The van der Waals surface area contributed by atoms with Crippen molar-refractivity contribution in [1.82, 2.24) is 10.3 Å². The number of unbranched alkanes of at least 4 members (excludes halogenated alkanes) is 6. The van der Waals surface area contributed by atoms with Crippen LogP contribution in [0.1, 0.15) is 83.1 Å². The van der Waals surface area contributed by atoms with Gasteiger partial charge in [-0.2, -0.15) is 0 Å². The van der Waals surface area contributed by atoms with Gasteiger partial charge in [0, 0.05) is 30.1 Å². The summed E-state index contributed by atoms with van der Waals surface area (Å²) in [5.41, 5.74) is 1.68. The van der Waals surface area contributed by atoms with E-state index < -0.39 is 112 Å². The second kappa shape index (κ2) is 27.2. The number of hydrogen-bond acceptors (Lipinski definition) is 18. The second-order valence-corrected chi connectivity index (χ2v) is 17.4. The Morgan fingerprint density at radius 1 is 0.697 bits per heavy atom. The zero-order valence-corrected chi connectivity index (χ0v) is 37.4. The predicted octanol–water partition coefficient (Wildman–Crippen LogP) is -0.562. The molecule has 3 fully saturated rings. The molecule has 16 atom stereocenters. The first-order valence-electron chi connectivity index (χ1n) is 23.1. The Kier molecular flexibility index (Phi) is 22.1. The van der Waals surface area contributed by atoms with Crippen molar-refractivity contribution in [2.75, 3.05) is 26.4 Å². The molecule has 2 aromatic rings. The molecule has 20 heteroatoms. The molecule has 1 aromatic heterocycles. The summed E-state index contributed by atoms with van der Waals surface area (Å²) < 4.78 is 33.8. The molecule has 0 spiro atoms. The van der Waals surface area contributed by atoms with Gasteiger partial charge >= 0.3 is 0 Å². The topological polar surface area (TPSA) is 323 Å². The van der Waals surface area contributed by atoms with E-state index in [1.807, 2.05) is 13.1 Å². The Labute approximate surface area is 384 Å². The summed E-state index contributed by atoms with van der Waals surface area (Å²) >= 11 is 0. The molecule has 1 amide bonds. The standard InChI is InChI=1S/C46H72N2O18/c1-26(50)15-13-11-9-7-5-3-2-4-6-8-10-12-14-16-34(51)47-20-19-27-22-48-30-18-17-28(21-29(27)30)63-46-43(60)40(57)37(54)33(66-46)25-62-45-42(59)39(56)36(53)32(65-45)24-61-44-41(58)38(55)35(52)31(23-49)64-44/h2-3,6,8,17-18,21-22,26,31-33,35-46,48-50,52-60H,4-5,7,9-16,19-20,23-25H2,1H3,(H,47,51)/b3-2-,8-6-/t26?,31-,32-,33-,35-,36-,37-,38+,39+,40+,41-,42-,43-,44-,45-,46-/m1/s1. The highest BCUT2D eigenvalue weighted by atomic mass is 16.7. The second-order valence-electron chi connectivity index (χ2n) is 17.4. The number of aliphatic hydroxyl groups is 11. The lowest BCUT2D eigenvalue weighted by Crippen LogP contribution is -2.63. The Balaban J connectivity index is 1.03. The fourth-order valence-corrected chi connectivity index (χ4v) is 8.03. The quantitative estimate of drug-likeness (QED) is 0.0415. The average molecular weight is 941 g/mol. The van der Waals surface area contributed by atoms with Crippen molar-refractivity contribution in [2.45, 2.75) is 182 Å². The number of hydrogen-bond donors (Lipinski definition) is 13. The lowest BCUT2D eigenvalue weighted by atomic mass is 9.98. The van der Waals surface area contributed by atoms with Gasteiger partial charge in [-0.1, -0.05) is 43.6 Å². The molecule has 1 aromatic carbocycles. The third kappa shape index (κ3) is 15.4. The molecule has 3 saturated heterocycles. The van der Waals surface area contributed by atoms with Gasteiger partial charge in [0.15, 0.2) is 12.6 Å². The van der Waals surface area contributed by atoms with E-state index in [9.17, 15) is 61.0 Å².